The van der Waals surface area contributed by atoms with E-state index >= 15 is 0 Å². The van der Waals surface area contributed by atoms with Gasteiger partial charge in [0.25, 0.3) is 0 Å². The highest BCUT2D eigenvalue weighted by Gasteiger charge is 2.15. The van der Waals surface area contributed by atoms with Crippen molar-refractivity contribution in [1.29, 1.82) is 0 Å². The molecule has 0 aromatic heterocycles. The molecule has 0 aliphatic heterocycles. The van der Waals surface area contributed by atoms with Crippen LogP contribution in [0.15, 0.2) is 23.8 Å². The minimum absolute atomic E-state index is 0.599. The minimum atomic E-state index is -0.599. The van der Waals surface area contributed by atoms with E-state index in [1.54, 1.807) is 0 Å². The van der Waals surface area contributed by atoms with E-state index in [1.165, 1.54) is 5.57 Å². The second kappa shape index (κ2) is 2.56. The first kappa shape index (κ1) is 7.51. The van der Waals surface area contributed by atoms with Gasteiger partial charge in [-0.3, -0.25) is 0 Å². The summed E-state index contributed by atoms with van der Waals surface area (Å²) in [7, 11) is 0. The van der Waals surface area contributed by atoms with Gasteiger partial charge in [0.2, 0.25) is 0 Å². The summed E-state index contributed by atoms with van der Waals surface area (Å²) in [6.07, 6.45) is 7.79. The number of rotatable bonds is 1. The van der Waals surface area contributed by atoms with Crippen LogP contribution in [0.1, 0.15) is 19.8 Å². The molecule has 1 aliphatic rings. The lowest BCUT2D eigenvalue weighted by Gasteiger charge is -2.22. The molecule has 0 heterocycles. The Morgan fingerprint density at radius 1 is 1.60 bits per heavy atom. The van der Waals surface area contributed by atoms with Crippen molar-refractivity contribution in [2.45, 2.75) is 25.4 Å². The van der Waals surface area contributed by atoms with E-state index in [1.807, 2.05) is 12.2 Å². The van der Waals surface area contributed by atoms with Gasteiger partial charge in [-0.05, 0) is 12.5 Å². The Hall–Kier alpha value is -0.600. The van der Waals surface area contributed by atoms with Crippen LogP contribution in [-0.4, -0.2) is 5.66 Å². The number of hydrogen-bond acceptors (Lipinski definition) is 2. The summed E-state index contributed by atoms with van der Waals surface area (Å²) < 4.78 is 0. The molecule has 0 radical (unpaired) electrons. The molecule has 0 saturated heterocycles. The monoisotopic (exact) mass is 138 g/mol. The molecule has 10 heavy (non-hydrogen) atoms. The topological polar surface area (TPSA) is 52.0 Å². The van der Waals surface area contributed by atoms with Gasteiger partial charge in [-0.15, -0.1) is 0 Å². The lowest BCUT2D eigenvalue weighted by molar-refractivity contribution is 0.553. The number of nitrogens with two attached hydrogens (primary N) is 2. The molecule has 0 bridgehead atoms. The third-order valence-electron chi connectivity index (χ3n) is 1.73. The van der Waals surface area contributed by atoms with Crippen LogP contribution in [0.2, 0.25) is 0 Å². The van der Waals surface area contributed by atoms with Crippen LogP contribution in [0.25, 0.3) is 0 Å². The molecule has 0 unspecified atom stereocenters. The first-order chi connectivity index (χ1) is 4.64. The van der Waals surface area contributed by atoms with Crippen LogP contribution in [0, 0.1) is 0 Å². The standard InChI is InChI=1S/C8H14N2/c1-2-7-3-5-8(9,10)6-4-7/h3-5H,2,6,9-10H2,1H3. The van der Waals surface area contributed by atoms with Crippen molar-refractivity contribution >= 4 is 0 Å². The van der Waals surface area contributed by atoms with E-state index < -0.39 is 5.66 Å². The van der Waals surface area contributed by atoms with Crippen LogP contribution in [-0.2, 0) is 0 Å². The molecule has 0 atom stereocenters. The SMILES string of the molecule is CCC1=CCC(N)(N)C=C1. The molecule has 1 rings (SSSR count). The Labute approximate surface area is 61.6 Å². The largest absolute Gasteiger partial charge is 0.310 e. The highest BCUT2D eigenvalue weighted by Crippen LogP contribution is 2.15. The van der Waals surface area contributed by atoms with Crippen molar-refractivity contribution < 1.29 is 0 Å². The number of allylic oxidation sites excluding steroid dienone is 2. The van der Waals surface area contributed by atoms with Gasteiger partial charge < -0.3 is 11.5 Å². The zero-order valence-electron chi connectivity index (χ0n) is 6.30. The van der Waals surface area contributed by atoms with Crippen LogP contribution in [0.5, 0.6) is 0 Å². The fourth-order valence-electron chi connectivity index (χ4n) is 0.968. The Morgan fingerprint density at radius 3 is 2.70 bits per heavy atom. The summed E-state index contributed by atoms with van der Waals surface area (Å²) >= 11 is 0. The second-order valence-electron chi connectivity index (χ2n) is 2.78. The summed E-state index contributed by atoms with van der Waals surface area (Å²) in [6.45, 7) is 2.12. The van der Waals surface area contributed by atoms with Crippen LogP contribution in [0.3, 0.4) is 0 Å². The quantitative estimate of drug-likeness (QED) is 0.529. The van der Waals surface area contributed by atoms with E-state index in [-0.39, 0.29) is 0 Å². The van der Waals surface area contributed by atoms with Gasteiger partial charge in [0.05, 0.1) is 5.66 Å². The smallest absolute Gasteiger partial charge is 0.0867 e. The maximum absolute atomic E-state index is 5.64. The van der Waals surface area contributed by atoms with Gasteiger partial charge in [-0.2, -0.15) is 0 Å². The third kappa shape index (κ3) is 1.69. The fraction of sp³-hybridized carbons (Fsp3) is 0.500. The molecule has 2 heteroatoms. The van der Waals surface area contributed by atoms with Crippen molar-refractivity contribution in [1.82, 2.24) is 0 Å². The summed E-state index contributed by atoms with van der Waals surface area (Å²) in [5.41, 5.74) is 12.0. The van der Waals surface area contributed by atoms with Gasteiger partial charge >= 0.3 is 0 Å². The Balaban J connectivity index is 2.63. The van der Waals surface area contributed by atoms with Crippen molar-refractivity contribution in [3.8, 4) is 0 Å². The van der Waals surface area contributed by atoms with Crippen molar-refractivity contribution in [2.24, 2.45) is 11.5 Å². The highest BCUT2D eigenvalue weighted by atomic mass is 14.9. The number of hydrogen-bond donors (Lipinski definition) is 2. The van der Waals surface area contributed by atoms with Crippen LogP contribution < -0.4 is 11.5 Å². The summed E-state index contributed by atoms with van der Waals surface area (Å²) in [5, 5.41) is 0. The molecule has 0 saturated carbocycles. The average molecular weight is 138 g/mol. The minimum Gasteiger partial charge on any atom is -0.310 e. The Kier molecular flexibility index (Phi) is 1.92. The molecule has 0 aromatic rings. The van der Waals surface area contributed by atoms with Gasteiger partial charge in [-0.1, -0.05) is 24.6 Å². The average Bonchev–Trinajstić information content (AvgIpc) is 1.88. The predicted octanol–water partition coefficient (Wildman–Crippen LogP) is 0.896. The summed E-state index contributed by atoms with van der Waals surface area (Å²) in [6, 6.07) is 0. The first-order valence-electron chi connectivity index (χ1n) is 3.60. The molecule has 1 aliphatic carbocycles. The predicted molar refractivity (Wildman–Crippen MR) is 43.2 cm³/mol. The Morgan fingerprint density at radius 2 is 2.30 bits per heavy atom. The lowest BCUT2D eigenvalue weighted by atomic mass is 9.97. The van der Waals surface area contributed by atoms with E-state index in [4.69, 9.17) is 11.5 Å². The van der Waals surface area contributed by atoms with Crippen LogP contribution >= 0.6 is 0 Å². The summed E-state index contributed by atoms with van der Waals surface area (Å²) in [5.74, 6) is 0. The van der Waals surface area contributed by atoms with Gasteiger partial charge in [0.1, 0.15) is 0 Å². The fourth-order valence-corrected chi connectivity index (χ4v) is 0.968. The third-order valence-corrected chi connectivity index (χ3v) is 1.73. The molecule has 0 amide bonds. The zero-order valence-corrected chi connectivity index (χ0v) is 6.30. The first-order valence-corrected chi connectivity index (χ1v) is 3.60. The molecular formula is C8H14N2. The normalized spacial score (nSPS) is 22.5. The van der Waals surface area contributed by atoms with Crippen molar-refractivity contribution in [2.75, 3.05) is 0 Å². The van der Waals surface area contributed by atoms with E-state index in [0.29, 0.717) is 0 Å². The zero-order chi connectivity index (χ0) is 7.61. The van der Waals surface area contributed by atoms with Gasteiger partial charge in [-0.25, -0.2) is 0 Å². The molecule has 4 N–H and O–H groups in total. The molecule has 2 nitrogen and oxygen atoms in total. The molecular weight excluding hydrogens is 124 g/mol. The van der Waals surface area contributed by atoms with Crippen LogP contribution in [0.4, 0.5) is 0 Å². The van der Waals surface area contributed by atoms with E-state index in [2.05, 4.69) is 13.0 Å². The summed E-state index contributed by atoms with van der Waals surface area (Å²) in [4.78, 5) is 0. The highest BCUT2D eigenvalue weighted by molar-refractivity contribution is 5.27. The molecule has 0 fully saturated rings. The lowest BCUT2D eigenvalue weighted by Crippen LogP contribution is -2.47. The molecule has 0 spiro atoms. The van der Waals surface area contributed by atoms with Gasteiger partial charge in [0, 0.05) is 6.42 Å². The van der Waals surface area contributed by atoms with E-state index in [9.17, 15) is 0 Å². The molecule has 0 aromatic carbocycles. The second-order valence-corrected chi connectivity index (χ2v) is 2.78. The maximum Gasteiger partial charge on any atom is 0.0867 e. The maximum atomic E-state index is 5.64. The van der Waals surface area contributed by atoms with Crippen molar-refractivity contribution in [3.63, 3.8) is 0 Å². The van der Waals surface area contributed by atoms with Crippen molar-refractivity contribution in [3.05, 3.63) is 23.8 Å². The van der Waals surface area contributed by atoms with Gasteiger partial charge in [0.15, 0.2) is 0 Å². The molecule has 56 valence electrons. The Bertz CT molecular complexity index is 178. The van der Waals surface area contributed by atoms with E-state index in [0.717, 1.165) is 12.8 Å².